The number of carboxylic acid groups (broad SMARTS) is 1. The third-order valence-electron chi connectivity index (χ3n) is 7.94. The lowest BCUT2D eigenvalue weighted by molar-refractivity contribution is -0.0592. The van der Waals surface area contributed by atoms with Gasteiger partial charge in [-0.2, -0.15) is 0 Å². The van der Waals surface area contributed by atoms with E-state index in [9.17, 15) is 9.90 Å². The molecule has 2 aliphatic heterocycles. The molecule has 2 aromatic heterocycles. The number of carboxylic acids is 1. The summed E-state index contributed by atoms with van der Waals surface area (Å²) in [5.41, 5.74) is 4.23. The number of carbonyl (C=O) groups is 1. The van der Waals surface area contributed by atoms with Gasteiger partial charge in [0.15, 0.2) is 0 Å². The van der Waals surface area contributed by atoms with Crippen LogP contribution < -0.4 is 9.47 Å². The molecule has 2 aromatic carbocycles. The number of pyridine rings is 1. The zero-order chi connectivity index (χ0) is 29.5. The van der Waals surface area contributed by atoms with E-state index >= 15 is 0 Å². The van der Waals surface area contributed by atoms with E-state index in [-0.39, 0.29) is 24.3 Å². The summed E-state index contributed by atoms with van der Waals surface area (Å²) >= 11 is 18.9. The first-order valence-corrected chi connectivity index (χ1v) is 14.8. The van der Waals surface area contributed by atoms with Gasteiger partial charge in [0, 0.05) is 28.8 Å². The van der Waals surface area contributed by atoms with Crippen LogP contribution in [0.4, 0.5) is 0 Å². The van der Waals surface area contributed by atoms with Crippen molar-refractivity contribution < 1.29 is 24.1 Å². The van der Waals surface area contributed by atoms with E-state index in [1.165, 1.54) is 13.2 Å². The zero-order valence-corrected chi connectivity index (χ0v) is 25.3. The maximum atomic E-state index is 11.8. The smallest absolute Gasteiger partial charge is 0.335 e. The minimum Gasteiger partial charge on any atom is -0.494 e. The molecule has 1 fully saturated rings. The predicted molar refractivity (Wildman–Crippen MR) is 160 cm³/mol. The van der Waals surface area contributed by atoms with Crippen LogP contribution in [0.25, 0.3) is 11.0 Å². The maximum Gasteiger partial charge on any atom is 0.335 e. The van der Waals surface area contributed by atoms with Gasteiger partial charge in [-0.25, -0.2) is 14.8 Å². The minimum atomic E-state index is -1.02. The van der Waals surface area contributed by atoms with E-state index in [1.54, 1.807) is 18.2 Å². The average molecular weight is 632 g/mol. The van der Waals surface area contributed by atoms with Gasteiger partial charge < -0.3 is 23.9 Å². The van der Waals surface area contributed by atoms with Gasteiger partial charge in [-0.15, -0.1) is 0 Å². The van der Waals surface area contributed by atoms with E-state index in [1.807, 2.05) is 12.1 Å². The summed E-state index contributed by atoms with van der Waals surface area (Å²) in [4.78, 5) is 23.9. The maximum absolute atomic E-state index is 11.8. The highest BCUT2D eigenvalue weighted by atomic mass is 35.5. The molecule has 0 spiro atoms. The molecular formula is C30H29Cl3N4O5. The quantitative estimate of drug-likeness (QED) is 0.221. The molecule has 1 saturated heterocycles. The van der Waals surface area contributed by atoms with Crippen molar-refractivity contribution in [2.45, 2.75) is 51.6 Å². The molecule has 0 radical (unpaired) electrons. The number of hydrogen-bond donors (Lipinski definition) is 1. The number of fused-ring (bicyclic) bond motifs is 2. The van der Waals surface area contributed by atoms with Gasteiger partial charge >= 0.3 is 5.97 Å². The standard InChI is InChI=1S/C30H29Cl3N4O5/c1-16-27-17(9-23(33)29(35-27)42-15-18-3-4-20(31)12-22(18)32)5-7-36(16)14-26-34-28-24(37(26)13-21-6-8-41-21)10-19(30(38)39)11-25(28)40-2/h3-4,9-12,16,21H,5-8,13-15H2,1-2H3,(H,38,39)/t16-,21-/m0/s1. The van der Waals surface area contributed by atoms with Gasteiger partial charge in [0.25, 0.3) is 0 Å². The number of hydrogen-bond acceptors (Lipinski definition) is 7. The fourth-order valence-corrected chi connectivity index (χ4v) is 6.17. The number of ether oxygens (including phenoxy) is 3. The van der Waals surface area contributed by atoms with Crippen molar-refractivity contribution in [2.75, 3.05) is 20.3 Å². The Morgan fingerprint density at radius 1 is 1.14 bits per heavy atom. The number of nitrogens with zero attached hydrogens (tertiary/aromatic N) is 4. The molecule has 4 heterocycles. The SMILES string of the molecule is COc1cc(C(=O)O)cc2c1nc(CN1CCc3cc(Cl)c(OCc4ccc(Cl)cc4Cl)nc3[C@@H]1C)n2C[C@@H]1CCO1. The number of halogens is 3. The van der Waals surface area contributed by atoms with Crippen LogP contribution in [-0.4, -0.2) is 56.9 Å². The molecule has 0 unspecified atom stereocenters. The number of aromatic nitrogens is 3. The van der Waals surface area contributed by atoms with E-state index in [4.69, 9.17) is 59.0 Å². The van der Waals surface area contributed by atoms with Crippen molar-refractivity contribution in [3.05, 3.63) is 79.7 Å². The Morgan fingerprint density at radius 3 is 2.64 bits per heavy atom. The third-order valence-corrected chi connectivity index (χ3v) is 8.79. The van der Waals surface area contributed by atoms with Crippen LogP contribution in [0.3, 0.4) is 0 Å². The highest BCUT2D eigenvalue weighted by Crippen LogP contribution is 2.36. The highest BCUT2D eigenvalue weighted by Gasteiger charge is 2.30. The molecule has 1 N–H and O–H groups in total. The van der Waals surface area contributed by atoms with Crippen LogP contribution in [0.1, 0.15) is 52.4 Å². The Hall–Kier alpha value is -3.08. The van der Waals surface area contributed by atoms with Crippen molar-refractivity contribution >= 4 is 51.8 Å². The Labute approximate surface area is 257 Å². The van der Waals surface area contributed by atoms with Gasteiger partial charge in [0.1, 0.15) is 28.7 Å². The third kappa shape index (κ3) is 5.64. The largest absolute Gasteiger partial charge is 0.494 e. The zero-order valence-electron chi connectivity index (χ0n) is 23.1. The lowest BCUT2D eigenvalue weighted by Crippen LogP contribution is -2.36. The molecule has 42 heavy (non-hydrogen) atoms. The lowest BCUT2D eigenvalue weighted by atomic mass is 9.99. The van der Waals surface area contributed by atoms with Gasteiger partial charge in [-0.05, 0) is 55.7 Å². The van der Waals surface area contributed by atoms with Crippen LogP contribution in [0.5, 0.6) is 11.6 Å². The Morgan fingerprint density at radius 2 is 1.95 bits per heavy atom. The van der Waals surface area contributed by atoms with Crippen molar-refractivity contribution in [1.29, 1.82) is 0 Å². The molecule has 0 amide bonds. The number of benzene rings is 2. The van der Waals surface area contributed by atoms with Gasteiger partial charge in [-0.3, -0.25) is 4.90 Å². The van der Waals surface area contributed by atoms with Crippen LogP contribution in [0, 0.1) is 0 Å². The van der Waals surface area contributed by atoms with Gasteiger partial charge in [-0.1, -0.05) is 40.9 Å². The molecule has 0 aliphatic carbocycles. The van der Waals surface area contributed by atoms with Crippen LogP contribution in [0.2, 0.25) is 15.1 Å². The number of methoxy groups -OCH3 is 1. The monoisotopic (exact) mass is 630 g/mol. The predicted octanol–water partition coefficient (Wildman–Crippen LogP) is 6.59. The second-order valence-electron chi connectivity index (χ2n) is 10.5. The van der Waals surface area contributed by atoms with E-state index in [0.717, 1.165) is 48.6 Å². The summed E-state index contributed by atoms with van der Waals surface area (Å²) in [6.07, 6.45) is 1.75. The first-order chi connectivity index (χ1) is 20.2. The van der Waals surface area contributed by atoms with E-state index < -0.39 is 5.97 Å². The first-order valence-electron chi connectivity index (χ1n) is 13.6. The molecule has 0 bridgehead atoms. The molecule has 4 aromatic rings. The summed E-state index contributed by atoms with van der Waals surface area (Å²) in [5, 5.41) is 11.2. The fraction of sp³-hybridized carbons (Fsp3) is 0.367. The number of rotatable bonds is 9. The van der Waals surface area contributed by atoms with Crippen LogP contribution in [-0.2, 0) is 30.9 Å². The number of imidazole rings is 1. The highest BCUT2D eigenvalue weighted by molar-refractivity contribution is 6.35. The van der Waals surface area contributed by atoms with Crippen molar-refractivity contribution in [2.24, 2.45) is 0 Å². The van der Waals surface area contributed by atoms with Crippen molar-refractivity contribution in [3.63, 3.8) is 0 Å². The summed E-state index contributed by atoms with van der Waals surface area (Å²) < 4.78 is 19.4. The second kappa shape index (κ2) is 11.9. The molecule has 220 valence electrons. The van der Waals surface area contributed by atoms with E-state index in [2.05, 4.69) is 16.4 Å². The normalized spacial score (nSPS) is 18.5. The topological polar surface area (TPSA) is 98.9 Å². The van der Waals surface area contributed by atoms with Crippen LogP contribution in [0.15, 0.2) is 36.4 Å². The molecule has 2 aliphatic rings. The van der Waals surface area contributed by atoms with Gasteiger partial charge in [0.2, 0.25) is 5.88 Å². The number of aromatic carboxylic acids is 1. The second-order valence-corrected chi connectivity index (χ2v) is 11.8. The molecule has 9 nitrogen and oxygen atoms in total. The molecule has 12 heteroatoms. The Bertz CT molecular complexity index is 1670. The summed E-state index contributed by atoms with van der Waals surface area (Å²) in [6.45, 7) is 4.90. The van der Waals surface area contributed by atoms with E-state index in [0.29, 0.717) is 50.8 Å². The molecule has 2 atom stereocenters. The van der Waals surface area contributed by atoms with Crippen molar-refractivity contribution in [1.82, 2.24) is 19.4 Å². The van der Waals surface area contributed by atoms with Gasteiger partial charge in [0.05, 0.1) is 49.1 Å². The minimum absolute atomic E-state index is 0.0535. The van der Waals surface area contributed by atoms with Crippen molar-refractivity contribution in [3.8, 4) is 11.6 Å². The average Bonchev–Trinajstić information content (AvgIpc) is 3.28. The first kappa shape index (κ1) is 29.0. The molecule has 0 saturated carbocycles. The van der Waals surface area contributed by atoms with Crippen LogP contribution >= 0.6 is 34.8 Å². The summed E-state index contributed by atoms with van der Waals surface area (Å²) in [5.74, 6) is 0.553. The molecule has 6 rings (SSSR count). The lowest BCUT2D eigenvalue weighted by Gasteiger charge is -2.35. The Kier molecular flexibility index (Phi) is 8.22. The fourth-order valence-electron chi connectivity index (χ4n) is 5.47. The summed E-state index contributed by atoms with van der Waals surface area (Å²) in [7, 11) is 1.52. The Balaban J connectivity index is 1.29. The molecular weight excluding hydrogens is 603 g/mol. The summed E-state index contributed by atoms with van der Waals surface area (Å²) in [6, 6.07) is 10.3.